The number of carbonyl (C=O) groups is 2. The van der Waals surface area contributed by atoms with Crippen molar-refractivity contribution in [2.24, 2.45) is 5.92 Å². The second-order valence-electron chi connectivity index (χ2n) is 6.67. The quantitative estimate of drug-likeness (QED) is 0.741. The summed E-state index contributed by atoms with van der Waals surface area (Å²) >= 11 is 0. The minimum absolute atomic E-state index is 0.0423. The number of β-amino-alcohol motifs (C(OH)–C–C–N with tert-alkyl or cyclic N) is 1. The topological polar surface area (TPSA) is 72.9 Å². The Labute approximate surface area is 125 Å². The Morgan fingerprint density at radius 2 is 1.90 bits per heavy atom. The third-order valence-electron chi connectivity index (χ3n) is 5.17. The number of hydrogen-bond acceptors (Lipinski definition) is 4. The lowest BCUT2D eigenvalue weighted by Gasteiger charge is -2.39. The molecule has 0 bridgehead atoms. The van der Waals surface area contributed by atoms with Crippen LogP contribution in [0.2, 0.25) is 0 Å². The summed E-state index contributed by atoms with van der Waals surface area (Å²) in [5.41, 5.74) is 0. The van der Waals surface area contributed by atoms with Gasteiger partial charge in [0.15, 0.2) is 0 Å². The van der Waals surface area contributed by atoms with Crippen LogP contribution >= 0.6 is 0 Å². The molecule has 3 atom stereocenters. The average molecular weight is 295 g/mol. The number of aliphatic hydroxyl groups is 1. The predicted octanol–water partition coefficient (Wildman–Crippen LogP) is -0.431. The molecular formula is C15H25N3O3. The van der Waals surface area contributed by atoms with Gasteiger partial charge in [0.05, 0.1) is 12.0 Å². The smallest absolute Gasteiger partial charge is 0.226 e. The molecule has 2 heterocycles. The Bertz CT molecular complexity index is 422. The van der Waals surface area contributed by atoms with E-state index in [2.05, 4.69) is 10.2 Å². The molecule has 3 fully saturated rings. The first kappa shape index (κ1) is 14.8. The lowest BCUT2D eigenvalue weighted by atomic mass is 9.98. The fraction of sp³-hybridized carbons (Fsp3) is 0.867. The van der Waals surface area contributed by atoms with Crippen LogP contribution in [0.3, 0.4) is 0 Å². The van der Waals surface area contributed by atoms with Crippen LogP contribution in [-0.4, -0.2) is 71.1 Å². The fourth-order valence-corrected chi connectivity index (χ4v) is 3.82. The second kappa shape index (κ2) is 5.93. The van der Waals surface area contributed by atoms with Crippen molar-refractivity contribution in [1.82, 2.24) is 15.1 Å². The fourth-order valence-electron chi connectivity index (χ4n) is 3.82. The van der Waals surface area contributed by atoms with Gasteiger partial charge >= 0.3 is 0 Å². The first-order valence-corrected chi connectivity index (χ1v) is 8.02. The van der Waals surface area contributed by atoms with E-state index in [1.54, 1.807) is 11.8 Å². The molecule has 0 aromatic heterocycles. The van der Waals surface area contributed by atoms with Crippen molar-refractivity contribution in [3.8, 4) is 0 Å². The van der Waals surface area contributed by atoms with Gasteiger partial charge in [0.2, 0.25) is 11.8 Å². The van der Waals surface area contributed by atoms with Crippen molar-refractivity contribution >= 4 is 11.8 Å². The van der Waals surface area contributed by atoms with Gasteiger partial charge in [0.1, 0.15) is 0 Å². The Hall–Kier alpha value is -1.14. The van der Waals surface area contributed by atoms with Crippen molar-refractivity contribution in [3.63, 3.8) is 0 Å². The molecule has 1 unspecified atom stereocenters. The second-order valence-corrected chi connectivity index (χ2v) is 6.67. The zero-order chi connectivity index (χ0) is 15.0. The summed E-state index contributed by atoms with van der Waals surface area (Å²) < 4.78 is 0. The molecule has 2 aliphatic heterocycles. The maximum Gasteiger partial charge on any atom is 0.226 e. The normalized spacial score (nSPS) is 34.0. The van der Waals surface area contributed by atoms with Gasteiger partial charge in [-0.05, 0) is 25.7 Å². The largest absolute Gasteiger partial charge is 0.392 e. The predicted molar refractivity (Wildman–Crippen MR) is 77.5 cm³/mol. The van der Waals surface area contributed by atoms with Crippen LogP contribution in [0.1, 0.15) is 32.6 Å². The van der Waals surface area contributed by atoms with Crippen LogP contribution in [0, 0.1) is 5.92 Å². The van der Waals surface area contributed by atoms with Gasteiger partial charge in [-0.2, -0.15) is 0 Å². The van der Waals surface area contributed by atoms with Crippen LogP contribution in [0.15, 0.2) is 0 Å². The Balaban J connectivity index is 1.50. The van der Waals surface area contributed by atoms with Crippen LogP contribution in [0.5, 0.6) is 0 Å². The molecule has 3 aliphatic rings. The number of aliphatic hydroxyl groups excluding tert-OH is 1. The molecule has 3 rings (SSSR count). The lowest BCUT2D eigenvalue weighted by molar-refractivity contribution is -0.141. The van der Waals surface area contributed by atoms with Crippen molar-refractivity contribution in [2.75, 3.05) is 26.2 Å². The Kier molecular flexibility index (Phi) is 4.17. The molecule has 1 saturated carbocycles. The van der Waals surface area contributed by atoms with Crippen LogP contribution in [0.4, 0.5) is 0 Å². The number of amides is 2. The van der Waals surface area contributed by atoms with E-state index in [0.29, 0.717) is 19.1 Å². The molecule has 1 aliphatic carbocycles. The monoisotopic (exact) mass is 295 g/mol. The molecule has 21 heavy (non-hydrogen) atoms. The van der Waals surface area contributed by atoms with Crippen LogP contribution in [0.25, 0.3) is 0 Å². The van der Waals surface area contributed by atoms with Gasteiger partial charge in [-0.25, -0.2) is 0 Å². The van der Waals surface area contributed by atoms with E-state index in [1.165, 1.54) is 0 Å². The molecular weight excluding hydrogens is 270 g/mol. The first-order chi connectivity index (χ1) is 10.0. The highest BCUT2D eigenvalue weighted by Gasteiger charge is 2.39. The minimum Gasteiger partial charge on any atom is -0.392 e. The molecule has 0 aromatic carbocycles. The third-order valence-corrected chi connectivity index (χ3v) is 5.17. The van der Waals surface area contributed by atoms with E-state index >= 15 is 0 Å². The van der Waals surface area contributed by atoms with E-state index in [0.717, 1.165) is 38.8 Å². The summed E-state index contributed by atoms with van der Waals surface area (Å²) in [6.45, 7) is 4.32. The summed E-state index contributed by atoms with van der Waals surface area (Å²) in [4.78, 5) is 27.4. The highest BCUT2D eigenvalue weighted by atomic mass is 16.3. The number of hydrogen-bond donors (Lipinski definition) is 2. The first-order valence-electron chi connectivity index (χ1n) is 8.02. The number of carbonyl (C=O) groups excluding carboxylic acids is 2. The summed E-state index contributed by atoms with van der Waals surface area (Å²) in [6, 6.07) is 0.573. The third kappa shape index (κ3) is 3.06. The molecule has 6 nitrogen and oxygen atoms in total. The van der Waals surface area contributed by atoms with Gasteiger partial charge in [-0.1, -0.05) is 0 Å². The number of rotatable bonds is 3. The molecule has 2 amide bonds. The zero-order valence-electron chi connectivity index (χ0n) is 12.6. The molecule has 0 spiro atoms. The van der Waals surface area contributed by atoms with Gasteiger partial charge < -0.3 is 15.3 Å². The highest BCUT2D eigenvalue weighted by molar-refractivity contribution is 5.83. The highest BCUT2D eigenvalue weighted by Crippen LogP contribution is 2.28. The lowest BCUT2D eigenvalue weighted by Crippen LogP contribution is -2.58. The van der Waals surface area contributed by atoms with E-state index in [4.69, 9.17) is 0 Å². The van der Waals surface area contributed by atoms with Crippen molar-refractivity contribution < 1.29 is 14.7 Å². The maximum atomic E-state index is 12.3. The molecule has 0 aromatic rings. The molecule has 2 saturated heterocycles. The number of nitrogens with one attached hydrogen (secondary N) is 1. The van der Waals surface area contributed by atoms with Crippen molar-refractivity contribution in [1.29, 1.82) is 0 Å². The maximum absolute atomic E-state index is 12.3. The van der Waals surface area contributed by atoms with E-state index in [9.17, 15) is 14.7 Å². The van der Waals surface area contributed by atoms with Gasteiger partial charge in [0, 0.05) is 45.2 Å². The van der Waals surface area contributed by atoms with E-state index in [-0.39, 0.29) is 29.9 Å². The van der Waals surface area contributed by atoms with Gasteiger partial charge in [0.25, 0.3) is 0 Å². The Morgan fingerprint density at radius 3 is 2.52 bits per heavy atom. The van der Waals surface area contributed by atoms with E-state index < -0.39 is 0 Å². The van der Waals surface area contributed by atoms with Gasteiger partial charge in [-0.3, -0.25) is 14.5 Å². The minimum atomic E-state index is -0.210. The zero-order valence-corrected chi connectivity index (χ0v) is 12.6. The molecule has 118 valence electrons. The van der Waals surface area contributed by atoms with Gasteiger partial charge in [-0.15, -0.1) is 0 Å². The van der Waals surface area contributed by atoms with E-state index in [1.807, 2.05) is 0 Å². The van der Waals surface area contributed by atoms with Crippen molar-refractivity contribution in [2.45, 2.75) is 50.8 Å². The SMILES string of the molecule is CC(=O)N1CC(C(=O)N[C@@H]2CCC[C@@H]2N2CCC(O)C2)C1. The summed E-state index contributed by atoms with van der Waals surface area (Å²) in [5, 5.41) is 12.9. The molecule has 0 radical (unpaired) electrons. The molecule has 6 heteroatoms. The van der Waals surface area contributed by atoms with Crippen molar-refractivity contribution in [3.05, 3.63) is 0 Å². The average Bonchev–Trinajstić information content (AvgIpc) is 2.95. The summed E-state index contributed by atoms with van der Waals surface area (Å²) in [5.74, 6) is 0.0901. The molecule has 2 N–H and O–H groups in total. The number of nitrogens with zero attached hydrogens (tertiary/aromatic N) is 2. The van der Waals surface area contributed by atoms with Crippen LogP contribution in [-0.2, 0) is 9.59 Å². The standard InChI is InChI=1S/C15H25N3O3/c1-10(19)18-7-11(8-18)15(21)16-13-3-2-4-14(13)17-6-5-12(20)9-17/h11-14,20H,2-9H2,1H3,(H,16,21)/t12?,13-,14+/m1/s1. The van der Waals surface area contributed by atoms with Crippen LogP contribution < -0.4 is 5.32 Å². The summed E-state index contributed by atoms with van der Waals surface area (Å²) in [7, 11) is 0. The number of likely N-dealkylation sites (tertiary alicyclic amines) is 2. The Morgan fingerprint density at radius 1 is 1.14 bits per heavy atom. The summed E-state index contributed by atoms with van der Waals surface area (Å²) in [6.07, 6.45) is 3.88.